The van der Waals surface area contributed by atoms with Crippen molar-refractivity contribution in [1.82, 2.24) is 4.90 Å². The second-order valence-electron chi connectivity index (χ2n) is 8.11. The molecule has 14 heteroatoms. The third-order valence-corrected chi connectivity index (χ3v) is 3.39. The van der Waals surface area contributed by atoms with E-state index >= 15 is 0 Å². The number of carbonyl (C=O) groups excluding carboxylic acids is 5. The van der Waals surface area contributed by atoms with Gasteiger partial charge in [0.1, 0.15) is 0 Å². The molecule has 0 aromatic carbocycles. The van der Waals surface area contributed by atoms with Gasteiger partial charge < -0.3 is 34.1 Å². The fourth-order valence-electron chi connectivity index (χ4n) is 0.990. The topological polar surface area (TPSA) is 200 Å². The second-order valence-corrected chi connectivity index (χ2v) is 8.11. The van der Waals surface area contributed by atoms with Crippen LogP contribution in [0.4, 0.5) is 0 Å². The highest BCUT2D eigenvalue weighted by atomic mass is 16.5. The van der Waals surface area contributed by atoms with Crippen molar-refractivity contribution in [2.24, 2.45) is 0 Å². The summed E-state index contributed by atoms with van der Waals surface area (Å²) < 4.78 is 17.4. The zero-order valence-corrected chi connectivity index (χ0v) is 29.2. The summed E-state index contributed by atoms with van der Waals surface area (Å²) in [5.74, 6) is -3.33. The number of hydrogen-bond donors (Lipinski definition) is 2. The fraction of sp³-hybridized carbons (Fsp3) is 0.364. The number of aliphatic carboxylic acids is 2. The van der Waals surface area contributed by atoms with Gasteiger partial charge in [0, 0.05) is 49.9 Å². The highest BCUT2D eigenvalue weighted by Gasteiger charge is 2.00. The van der Waals surface area contributed by atoms with E-state index in [0.29, 0.717) is 17.8 Å². The minimum absolute atomic E-state index is 0.0556. The first-order valence-corrected chi connectivity index (χ1v) is 13.2. The molecule has 0 bridgehead atoms. The van der Waals surface area contributed by atoms with Crippen LogP contribution in [0.1, 0.15) is 47.5 Å². The molecule has 0 rings (SSSR count). The summed E-state index contributed by atoms with van der Waals surface area (Å²) >= 11 is 0. The van der Waals surface area contributed by atoms with Crippen molar-refractivity contribution in [1.29, 1.82) is 0 Å². The molecular formula is C33H53NO13. The molecule has 1 amide bonds. The molecule has 0 aliphatic carbocycles. The summed E-state index contributed by atoms with van der Waals surface area (Å²) in [4.78, 5) is 71.1. The first kappa shape index (κ1) is 57.2. The molecular weight excluding hydrogens is 618 g/mol. The number of ether oxygens (including phenoxy) is 4. The molecule has 0 fully saturated rings. The standard InChI is InChI=1S/C8H14O2.C5H9NO.C5H8O2.3C4H6O2.C3H4O2/c1-4-5-6-10-8(9)7(2)3;1-4-5(7)6(2)3;1-4(2)5(6)7-3;1-3-4(5)6-2;1-3-6-4(2)5;1-3(2)4(5)6;1-2-3(4)5/h2,4-6H2,1,3H3;4H,1H2,2-3H3;1H2,2-3H3;2*3H,1H2,2H3;1H2,2H3,(H,5,6);2H,1H2,(H,4,5). The van der Waals surface area contributed by atoms with Gasteiger partial charge >= 0.3 is 35.8 Å². The van der Waals surface area contributed by atoms with Crippen molar-refractivity contribution in [3.05, 3.63) is 87.3 Å². The molecule has 0 aliphatic rings. The van der Waals surface area contributed by atoms with Gasteiger partial charge in [0.2, 0.25) is 5.91 Å². The maximum atomic E-state index is 10.7. The van der Waals surface area contributed by atoms with Crippen molar-refractivity contribution < 1.29 is 62.7 Å². The van der Waals surface area contributed by atoms with Gasteiger partial charge in [0.05, 0.1) is 27.1 Å². The number of amides is 1. The molecule has 0 saturated carbocycles. The highest BCUT2D eigenvalue weighted by Crippen LogP contribution is 1.94. The Labute approximate surface area is 279 Å². The Kier molecular flexibility index (Phi) is 51.8. The van der Waals surface area contributed by atoms with Crippen molar-refractivity contribution in [3.63, 3.8) is 0 Å². The Morgan fingerprint density at radius 3 is 1.19 bits per heavy atom. The number of rotatable bonds is 10. The van der Waals surface area contributed by atoms with E-state index in [2.05, 4.69) is 67.2 Å². The molecule has 0 atom stereocenters. The molecule has 0 aromatic heterocycles. The molecule has 0 saturated heterocycles. The number of likely N-dealkylation sites (N-methyl/N-ethyl adjacent to an activating group) is 1. The van der Waals surface area contributed by atoms with Crippen LogP contribution in [0.3, 0.4) is 0 Å². The van der Waals surface area contributed by atoms with Gasteiger partial charge in [-0.25, -0.2) is 24.0 Å². The third kappa shape index (κ3) is 73.9. The Hall–Kier alpha value is -5.53. The molecule has 0 radical (unpaired) electrons. The molecule has 2 N–H and O–H groups in total. The number of hydrogen-bond acceptors (Lipinski definition) is 11. The van der Waals surface area contributed by atoms with Crippen LogP contribution in [0.2, 0.25) is 0 Å². The minimum Gasteiger partial charge on any atom is -0.478 e. The van der Waals surface area contributed by atoms with Crippen LogP contribution in [-0.2, 0) is 52.5 Å². The molecule has 47 heavy (non-hydrogen) atoms. The SMILES string of the molecule is C=C(C)C(=O)O.C=C(C)C(=O)OC.C=C(C)C(=O)OCCCC.C=CC(=O)N(C)C.C=CC(=O)O.C=CC(=O)OC.C=COC(C)=O. The molecule has 0 heterocycles. The van der Waals surface area contributed by atoms with Gasteiger partial charge in [-0.05, 0) is 33.3 Å². The Morgan fingerprint density at radius 2 is 1.11 bits per heavy atom. The quantitative estimate of drug-likeness (QED) is 0.105. The van der Waals surface area contributed by atoms with E-state index < -0.39 is 17.9 Å². The predicted molar refractivity (Wildman–Crippen MR) is 181 cm³/mol. The van der Waals surface area contributed by atoms with E-state index in [9.17, 15) is 33.6 Å². The monoisotopic (exact) mass is 671 g/mol. The Morgan fingerprint density at radius 1 is 0.702 bits per heavy atom. The largest absolute Gasteiger partial charge is 0.478 e. The van der Waals surface area contributed by atoms with E-state index in [0.717, 1.165) is 31.3 Å². The first-order chi connectivity index (χ1) is 21.5. The van der Waals surface area contributed by atoms with E-state index in [4.69, 9.17) is 14.9 Å². The van der Waals surface area contributed by atoms with Crippen LogP contribution in [0.25, 0.3) is 0 Å². The van der Waals surface area contributed by atoms with E-state index in [1.54, 1.807) is 27.9 Å². The summed E-state index contributed by atoms with van der Waals surface area (Å²) in [5, 5.41) is 15.5. The number of carboxylic acids is 2. The second kappa shape index (κ2) is 42.6. The maximum absolute atomic E-state index is 10.7. The number of carboxylic acid groups (broad SMARTS) is 2. The summed E-state index contributed by atoms with van der Waals surface area (Å²) in [7, 11) is 6.01. The highest BCUT2D eigenvalue weighted by molar-refractivity contribution is 5.87. The molecule has 14 nitrogen and oxygen atoms in total. The lowest BCUT2D eigenvalue weighted by Crippen LogP contribution is -2.18. The lowest BCUT2D eigenvalue weighted by molar-refractivity contribution is -0.139. The van der Waals surface area contributed by atoms with Crippen LogP contribution in [0, 0.1) is 0 Å². The molecule has 0 aromatic rings. The number of esters is 4. The van der Waals surface area contributed by atoms with Gasteiger partial charge in [-0.3, -0.25) is 9.59 Å². The van der Waals surface area contributed by atoms with Gasteiger partial charge in [0.25, 0.3) is 0 Å². The van der Waals surface area contributed by atoms with Crippen LogP contribution in [0.15, 0.2) is 87.3 Å². The number of carbonyl (C=O) groups is 7. The van der Waals surface area contributed by atoms with Crippen molar-refractivity contribution in [3.8, 4) is 0 Å². The van der Waals surface area contributed by atoms with Crippen LogP contribution in [-0.4, -0.2) is 91.8 Å². The van der Waals surface area contributed by atoms with Crippen LogP contribution >= 0.6 is 0 Å². The Balaban J connectivity index is -0.0000000803. The van der Waals surface area contributed by atoms with E-state index in [-0.39, 0.29) is 29.4 Å². The average Bonchev–Trinajstić information content (AvgIpc) is 3.01. The maximum Gasteiger partial charge on any atom is 0.333 e. The normalized spacial score (nSPS) is 7.60. The number of unbranched alkanes of at least 4 members (excludes halogenated alkanes) is 1. The van der Waals surface area contributed by atoms with Gasteiger partial charge in [-0.15, -0.1) is 0 Å². The molecule has 0 aliphatic heterocycles. The van der Waals surface area contributed by atoms with Gasteiger partial charge in [-0.2, -0.15) is 0 Å². The van der Waals surface area contributed by atoms with E-state index in [1.807, 2.05) is 0 Å². The lowest BCUT2D eigenvalue weighted by atomic mass is 10.3. The fourth-order valence-corrected chi connectivity index (χ4v) is 0.990. The summed E-state index contributed by atoms with van der Waals surface area (Å²) in [5.41, 5.74) is 1.08. The molecule has 268 valence electrons. The summed E-state index contributed by atoms with van der Waals surface area (Å²) in [6.45, 7) is 31.1. The van der Waals surface area contributed by atoms with Crippen molar-refractivity contribution >= 4 is 41.7 Å². The summed E-state index contributed by atoms with van der Waals surface area (Å²) in [6.07, 6.45) is 6.30. The van der Waals surface area contributed by atoms with Crippen molar-refractivity contribution in [2.75, 3.05) is 34.9 Å². The molecule has 0 spiro atoms. The van der Waals surface area contributed by atoms with Crippen LogP contribution in [0.5, 0.6) is 0 Å². The smallest absolute Gasteiger partial charge is 0.333 e. The lowest BCUT2D eigenvalue weighted by Gasteiger charge is -2.03. The van der Waals surface area contributed by atoms with E-state index in [1.165, 1.54) is 39.0 Å². The minimum atomic E-state index is -0.981. The Bertz CT molecular complexity index is 1020. The van der Waals surface area contributed by atoms with Crippen LogP contribution < -0.4 is 0 Å². The van der Waals surface area contributed by atoms with Gasteiger partial charge in [-0.1, -0.05) is 59.4 Å². The number of methoxy groups -OCH3 is 2. The summed E-state index contributed by atoms with van der Waals surface area (Å²) in [6, 6.07) is 0. The zero-order chi connectivity index (χ0) is 39.1. The number of nitrogens with zero attached hydrogens (tertiary/aromatic N) is 1. The predicted octanol–water partition coefficient (Wildman–Crippen LogP) is 4.84. The first-order valence-electron chi connectivity index (χ1n) is 13.2. The third-order valence-electron chi connectivity index (χ3n) is 3.39. The average molecular weight is 672 g/mol. The zero-order valence-electron chi connectivity index (χ0n) is 29.2. The van der Waals surface area contributed by atoms with Crippen molar-refractivity contribution in [2.45, 2.75) is 47.5 Å². The molecule has 0 unspecified atom stereocenters. The van der Waals surface area contributed by atoms with Gasteiger partial charge in [0.15, 0.2) is 0 Å².